The van der Waals surface area contributed by atoms with Crippen LogP contribution in [0.15, 0.2) is 60.8 Å². The molecule has 3 unspecified atom stereocenters. The number of aliphatic hydroxyl groups is 2. The van der Waals surface area contributed by atoms with Crippen LogP contribution in [0.4, 0.5) is 0 Å². The first-order valence-corrected chi connectivity index (χ1v) is 23.5. The zero-order chi connectivity index (χ0) is 41.0. The molecule has 0 saturated heterocycles. The summed E-state index contributed by atoms with van der Waals surface area (Å²) in [7, 11) is 0. The van der Waals surface area contributed by atoms with Crippen molar-refractivity contribution < 1.29 is 24.5 Å². The zero-order valence-corrected chi connectivity index (χ0v) is 36.8. The van der Waals surface area contributed by atoms with Gasteiger partial charge in [-0.15, -0.1) is 0 Å². The molecular formula is C50H89NO5. The number of carbonyl (C=O) groups excluding carboxylic acids is 2. The van der Waals surface area contributed by atoms with Gasteiger partial charge in [0.15, 0.2) is 0 Å². The summed E-state index contributed by atoms with van der Waals surface area (Å²) >= 11 is 0. The molecule has 3 N–H and O–H groups in total. The number of rotatable bonds is 41. The molecule has 6 heteroatoms. The topological polar surface area (TPSA) is 95.9 Å². The Balaban J connectivity index is 4.70. The average molecular weight is 784 g/mol. The predicted octanol–water partition coefficient (Wildman–Crippen LogP) is 13.7. The number of ether oxygens (including phenoxy) is 1. The number of nitrogens with one attached hydrogen (secondary N) is 1. The van der Waals surface area contributed by atoms with Crippen molar-refractivity contribution >= 4 is 11.9 Å². The van der Waals surface area contributed by atoms with E-state index < -0.39 is 18.2 Å². The standard InChI is InChI=1S/C50H89NO5/c1-4-7-10-13-16-19-21-23-25-27-30-32-35-38-41-46(56-50(55)43-40-37-34-29-18-15-12-9-6-3)44-49(54)51-47(45-52)48(53)42-39-36-33-31-28-26-24-22-20-17-14-11-8-5-2/h7,10,16,19,23,25,30,32,38,41,46-48,52-53H,4-6,8-9,11-15,17-18,20-22,24,26-29,31,33-37,39-40,42-45H2,1-3H3,(H,51,54)/b10-7+,19-16+,25-23+,32-30+,41-38+. The van der Waals surface area contributed by atoms with Crippen molar-refractivity contribution in [1.29, 1.82) is 0 Å². The van der Waals surface area contributed by atoms with Gasteiger partial charge in [0.25, 0.3) is 0 Å². The fraction of sp³-hybridized carbons (Fsp3) is 0.760. The third-order valence-corrected chi connectivity index (χ3v) is 10.4. The highest BCUT2D eigenvalue weighted by Gasteiger charge is 2.23. The fourth-order valence-corrected chi connectivity index (χ4v) is 6.80. The molecule has 0 aliphatic carbocycles. The average Bonchev–Trinajstić information content (AvgIpc) is 3.19. The molecule has 0 aliphatic heterocycles. The molecule has 324 valence electrons. The molecule has 3 atom stereocenters. The van der Waals surface area contributed by atoms with Gasteiger partial charge in [-0.3, -0.25) is 9.59 Å². The molecule has 56 heavy (non-hydrogen) atoms. The molecule has 0 heterocycles. The minimum Gasteiger partial charge on any atom is -0.458 e. The molecule has 0 aromatic carbocycles. The molecule has 0 rings (SSSR count). The van der Waals surface area contributed by atoms with E-state index in [0.29, 0.717) is 19.3 Å². The second-order valence-corrected chi connectivity index (χ2v) is 15.8. The molecule has 0 aromatic rings. The predicted molar refractivity (Wildman–Crippen MR) is 241 cm³/mol. The highest BCUT2D eigenvalue weighted by molar-refractivity contribution is 5.78. The zero-order valence-electron chi connectivity index (χ0n) is 36.8. The third kappa shape index (κ3) is 38.4. The molecule has 0 fully saturated rings. The van der Waals surface area contributed by atoms with E-state index in [0.717, 1.165) is 64.2 Å². The Morgan fingerprint density at radius 1 is 0.536 bits per heavy atom. The van der Waals surface area contributed by atoms with Crippen molar-refractivity contribution in [1.82, 2.24) is 5.32 Å². The van der Waals surface area contributed by atoms with E-state index in [1.807, 2.05) is 6.08 Å². The third-order valence-electron chi connectivity index (χ3n) is 10.4. The first kappa shape index (κ1) is 53.6. The molecule has 6 nitrogen and oxygen atoms in total. The number of aliphatic hydroxyl groups excluding tert-OH is 2. The summed E-state index contributed by atoms with van der Waals surface area (Å²) in [6.07, 6.45) is 53.1. The molecule has 0 spiro atoms. The largest absolute Gasteiger partial charge is 0.458 e. The number of amides is 1. The Morgan fingerprint density at radius 2 is 0.929 bits per heavy atom. The minimum atomic E-state index is -0.817. The van der Waals surface area contributed by atoms with Gasteiger partial charge >= 0.3 is 5.97 Å². The second-order valence-electron chi connectivity index (χ2n) is 15.8. The molecule has 1 amide bonds. The number of hydrogen-bond acceptors (Lipinski definition) is 5. The highest BCUT2D eigenvalue weighted by atomic mass is 16.5. The lowest BCUT2D eigenvalue weighted by Crippen LogP contribution is -2.46. The Labute approximate surface area is 346 Å². The van der Waals surface area contributed by atoms with Crippen molar-refractivity contribution in [2.45, 2.75) is 238 Å². The van der Waals surface area contributed by atoms with Crippen molar-refractivity contribution in [2.75, 3.05) is 6.61 Å². The Morgan fingerprint density at radius 3 is 1.36 bits per heavy atom. The van der Waals surface area contributed by atoms with Gasteiger partial charge in [-0.25, -0.2) is 0 Å². The van der Waals surface area contributed by atoms with Crippen LogP contribution in [-0.4, -0.2) is 46.9 Å². The SMILES string of the molecule is CC/C=C/C/C=C/C/C=C/C/C=C/C/C=C/C(CC(=O)NC(CO)C(O)CCCCCCCCCCCCCCCC)OC(=O)CCCCCCCCCCC. The van der Waals surface area contributed by atoms with Crippen molar-refractivity contribution in [3.8, 4) is 0 Å². The van der Waals surface area contributed by atoms with Crippen LogP contribution in [-0.2, 0) is 14.3 Å². The molecule has 0 aliphatic rings. The van der Waals surface area contributed by atoms with Gasteiger partial charge in [-0.05, 0) is 51.0 Å². The summed E-state index contributed by atoms with van der Waals surface area (Å²) in [5, 5.41) is 23.6. The second kappa shape index (κ2) is 43.7. The number of carbonyl (C=O) groups is 2. The van der Waals surface area contributed by atoms with Crippen LogP contribution in [0.2, 0.25) is 0 Å². The van der Waals surface area contributed by atoms with E-state index in [1.54, 1.807) is 6.08 Å². The first-order chi connectivity index (χ1) is 27.5. The van der Waals surface area contributed by atoms with Crippen LogP contribution in [0.3, 0.4) is 0 Å². The maximum absolute atomic E-state index is 13.1. The summed E-state index contributed by atoms with van der Waals surface area (Å²) in [5.74, 6) is -0.631. The monoisotopic (exact) mass is 784 g/mol. The molecular weight excluding hydrogens is 695 g/mol. The van der Waals surface area contributed by atoms with Gasteiger partial charge < -0.3 is 20.3 Å². The lowest BCUT2D eigenvalue weighted by molar-refractivity contribution is -0.148. The Hall–Kier alpha value is -2.44. The number of esters is 1. The lowest BCUT2D eigenvalue weighted by Gasteiger charge is -2.23. The van der Waals surface area contributed by atoms with Gasteiger partial charge in [0.05, 0.1) is 25.2 Å². The van der Waals surface area contributed by atoms with Crippen molar-refractivity contribution in [2.24, 2.45) is 0 Å². The van der Waals surface area contributed by atoms with Crippen molar-refractivity contribution in [3.63, 3.8) is 0 Å². The fourth-order valence-electron chi connectivity index (χ4n) is 6.80. The van der Waals surface area contributed by atoms with Crippen LogP contribution < -0.4 is 5.32 Å². The first-order valence-electron chi connectivity index (χ1n) is 23.5. The molecule has 0 bridgehead atoms. The Kier molecular flexibility index (Phi) is 41.8. The van der Waals surface area contributed by atoms with Gasteiger partial charge in [0.1, 0.15) is 6.10 Å². The van der Waals surface area contributed by atoms with Crippen LogP contribution in [0.25, 0.3) is 0 Å². The van der Waals surface area contributed by atoms with E-state index in [2.05, 4.69) is 74.7 Å². The highest BCUT2D eigenvalue weighted by Crippen LogP contribution is 2.16. The Bertz CT molecular complexity index is 1010. The number of hydrogen-bond donors (Lipinski definition) is 3. The normalized spacial score (nSPS) is 13.9. The summed E-state index contributed by atoms with van der Waals surface area (Å²) in [6, 6.07) is -0.740. The van der Waals surface area contributed by atoms with Gasteiger partial charge in [0, 0.05) is 6.42 Å². The molecule has 0 aromatic heterocycles. The van der Waals surface area contributed by atoms with Gasteiger partial charge in [-0.1, -0.05) is 217 Å². The quantitative estimate of drug-likeness (QED) is 0.0326. The van der Waals surface area contributed by atoms with Crippen LogP contribution in [0.5, 0.6) is 0 Å². The van der Waals surface area contributed by atoms with Gasteiger partial charge in [-0.2, -0.15) is 0 Å². The van der Waals surface area contributed by atoms with E-state index in [-0.39, 0.29) is 24.9 Å². The van der Waals surface area contributed by atoms with E-state index in [9.17, 15) is 19.8 Å². The summed E-state index contributed by atoms with van der Waals surface area (Å²) in [4.78, 5) is 25.9. The van der Waals surface area contributed by atoms with Crippen molar-refractivity contribution in [3.05, 3.63) is 60.8 Å². The maximum Gasteiger partial charge on any atom is 0.306 e. The summed E-state index contributed by atoms with van der Waals surface area (Å²) < 4.78 is 5.78. The molecule has 0 radical (unpaired) electrons. The molecule has 0 saturated carbocycles. The number of allylic oxidation sites excluding steroid dienone is 9. The van der Waals surface area contributed by atoms with Gasteiger partial charge in [0.2, 0.25) is 5.91 Å². The summed E-state index contributed by atoms with van der Waals surface area (Å²) in [5.41, 5.74) is 0. The van der Waals surface area contributed by atoms with E-state index >= 15 is 0 Å². The van der Waals surface area contributed by atoms with E-state index in [1.165, 1.54) is 109 Å². The minimum absolute atomic E-state index is 0.0454. The maximum atomic E-state index is 13.1. The lowest BCUT2D eigenvalue weighted by atomic mass is 10.0. The van der Waals surface area contributed by atoms with Crippen LogP contribution >= 0.6 is 0 Å². The number of unbranched alkanes of at least 4 members (excludes halogenated alkanes) is 21. The van der Waals surface area contributed by atoms with E-state index in [4.69, 9.17) is 4.74 Å². The van der Waals surface area contributed by atoms with Crippen LogP contribution in [0, 0.1) is 0 Å². The van der Waals surface area contributed by atoms with Crippen LogP contribution in [0.1, 0.15) is 220 Å². The summed E-state index contributed by atoms with van der Waals surface area (Å²) in [6.45, 7) is 6.30. The smallest absolute Gasteiger partial charge is 0.306 e.